The van der Waals surface area contributed by atoms with Crippen molar-refractivity contribution >= 4 is 11.7 Å². The van der Waals surface area contributed by atoms with Gasteiger partial charge in [-0.2, -0.15) is 0 Å². The van der Waals surface area contributed by atoms with Crippen LogP contribution in [0, 0.1) is 6.92 Å². The molecular formula is C23H29NO6. The third kappa shape index (κ3) is 4.40. The monoisotopic (exact) mass is 415 g/mol. The highest BCUT2D eigenvalue weighted by Gasteiger charge is 2.37. The molecule has 0 fully saturated rings. The summed E-state index contributed by atoms with van der Waals surface area (Å²) in [5, 5.41) is 0. The van der Waals surface area contributed by atoms with E-state index >= 15 is 0 Å². The third-order valence-electron chi connectivity index (χ3n) is 5.37. The molecule has 0 radical (unpaired) electrons. The number of hydrogen-bond acceptors (Lipinski definition) is 7. The van der Waals surface area contributed by atoms with Crippen molar-refractivity contribution < 1.29 is 28.5 Å². The quantitative estimate of drug-likeness (QED) is 0.414. The maximum atomic E-state index is 11.6. The zero-order valence-electron chi connectivity index (χ0n) is 18.2. The number of anilines is 1. The fraction of sp³-hybridized carbons (Fsp3) is 0.435. The molecular weight excluding hydrogens is 386 g/mol. The van der Waals surface area contributed by atoms with Crippen LogP contribution in [0.3, 0.4) is 0 Å². The normalized spacial score (nSPS) is 17.5. The van der Waals surface area contributed by atoms with Crippen molar-refractivity contribution in [3.63, 3.8) is 0 Å². The zero-order chi connectivity index (χ0) is 21.9. The van der Waals surface area contributed by atoms with Gasteiger partial charge in [0.2, 0.25) is 11.5 Å². The maximum absolute atomic E-state index is 11.6. The van der Waals surface area contributed by atoms with Crippen LogP contribution in [0.15, 0.2) is 24.3 Å². The van der Waals surface area contributed by atoms with Gasteiger partial charge in [-0.3, -0.25) is 4.79 Å². The minimum absolute atomic E-state index is 0.353. The van der Waals surface area contributed by atoms with Gasteiger partial charge in [0.25, 0.3) is 0 Å². The largest absolute Gasteiger partial charge is 0.493 e. The number of hydrogen-bond donors (Lipinski definition) is 1. The molecule has 3 rings (SSSR count). The number of benzene rings is 2. The first-order chi connectivity index (χ1) is 14.3. The van der Waals surface area contributed by atoms with Crippen LogP contribution in [-0.2, 0) is 11.2 Å². The summed E-state index contributed by atoms with van der Waals surface area (Å²) in [5.74, 6) is 2.14. The molecule has 1 heterocycles. The number of carbonyl (C=O) groups is 1. The number of carbonyl (C=O) groups excluding carboxylic acids is 1. The van der Waals surface area contributed by atoms with Crippen LogP contribution in [-0.4, -0.2) is 32.4 Å². The van der Waals surface area contributed by atoms with Gasteiger partial charge in [-0.15, -0.1) is 0 Å². The summed E-state index contributed by atoms with van der Waals surface area (Å²) in [6.45, 7) is 5.82. The molecule has 7 heteroatoms. The minimum Gasteiger partial charge on any atom is -0.493 e. The van der Waals surface area contributed by atoms with E-state index in [0.717, 1.165) is 29.7 Å². The van der Waals surface area contributed by atoms with Gasteiger partial charge in [0, 0.05) is 30.2 Å². The van der Waals surface area contributed by atoms with Crippen molar-refractivity contribution in [2.75, 3.05) is 26.6 Å². The summed E-state index contributed by atoms with van der Waals surface area (Å²) in [7, 11) is 3.06. The predicted octanol–water partition coefficient (Wildman–Crippen LogP) is 4.07. The fourth-order valence-electron chi connectivity index (χ4n) is 3.68. The van der Waals surface area contributed by atoms with E-state index in [4.69, 9.17) is 29.4 Å². The van der Waals surface area contributed by atoms with Crippen molar-refractivity contribution in [1.82, 2.24) is 0 Å². The highest BCUT2D eigenvalue weighted by Crippen LogP contribution is 2.53. The molecule has 162 valence electrons. The molecule has 1 aliphatic heterocycles. The molecule has 1 aliphatic rings. The SMILES string of the molecule is COc1c(OC(C)=O)c(C)c2c(c1OC)OC(C)(CCOc1ccc(N)cc1)CC2. The lowest BCUT2D eigenvalue weighted by atomic mass is 9.87. The summed E-state index contributed by atoms with van der Waals surface area (Å²) >= 11 is 0. The smallest absolute Gasteiger partial charge is 0.308 e. The number of nitrogen functional groups attached to an aromatic ring is 1. The van der Waals surface area contributed by atoms with Gasteiger partial charge >= 0.3 is 5.97 Å². The van der Waals surface area contributed by atoms with E-state index in [1.807, 2.05) is 31.2 Å². The lowest BCUT2D eigenvalue weighted by Gasteiger charge is -2.37. The minimum atomic E-state index is -0.436. The second kappa shape index (κ2) is 8.73. The Bertz CT molecular complexity index is 925. The summed E-state index contributed by atoms with van der Waals surface area (Å²) in [4.78, 5) is 11.6. The number of rotatable bonds is 7. The van der Waals surface area contributed by atoms with Crippen LogP contribution >= 0.6 is 0 Å². The number of ether oxygens (including phenoxy) is 5. The first-order valence-electron chi connectivity index (χ1n) is 9.91. The Kier molecular flexibility index (Phi) is 6.29. The fourth-order valence-corrected chi connectivity index (χ4v) is 3.68. The van der Waals surface area contributed by atoms with E-state index in [1.54, 1.807) is 7.11 Å². The van der Waals surface area contributed by atoms with Gasteiger partial charge in [0.1, 0.15) is 11.4 Å². The molecule has 30 heavy (non-hydrogen) atoms. The van der Waals surface area contributed by atoms with E-state index < -0.39 is 11.6 Å². The van der Waals surface area contributed by atoms with Crippen LogP contribution in [0.4, 0.5) is 5.69 Å². The second-order valence-corrected chi connectivity index (χ2v) is 7.64. The van der Waals surface area contributed by atoms with Gasteiger partial charge in [-0.05, 0) is 51.0 Å². The molecule has 0 aromatic heterocycles. The summed E-state index contributed by atoms with van der Waals surface area (Å²) in [5.41, 5.74) is 7.75. The van der Waals surface area contributed by atoms with Crippen molar-refractivity contribution in [3.05, 3.63) is 35.4 Å². The Morgan fingerprint density at radius 2 is 1.80 bits per heavy atom. The topological polar surface area (TPSA) is 89.2 Å². The average molecular weight is 415 g/mol. The molecule has 0 saturated carbocycles. The molecule has 0 spiro atoms. The lowest BCUT2D eigenvalue weighted by molar-refractivity contribution is -0.132. The molecule has 7 nitrogen and oxygen atoms in total. The van der Waals surface area contributed by atoms with Gasteiger partial charge in [-0.25, -0.2) is 0 Å². The zero-order valence-corrected chi connectivity index (χ0v) is 18.2. The molecule has 0 amide bonds. The Balaban J connectivity index is 1.83. The van der Waals surface area contributed by atoms with Crippen molar-refractivity contribution in [2.24, 2.45) is 0 Å². The van der Waals surface area contributed by atoms with E-state index in [-0.39, 0.29) is 0 Å². The first-order valence-corrected chi connectivity index (χ1v) is 9.91. The average Bonchev–Trinajstić information content (AvgIpc) is 2.70. The Morgan fingerprint density at radius 3 is 2.40 bits per heavy atom. The highest BCUT2D eigenvalue weighted by molar-refractivity contribution is 5.75. The first kappa shape index (κ1) is 21.6. The van der Waals surface area contributed by atoms with Crippen LogP contribution in [0.5, 0.6) is 28.7 Å². The lowest BCUT2D eigenvalue weighted by Crippen LogP contribution is -2.38. The molecule has 2 aromatic carbocycles. The number of esters is 1. The standard InChI is InChI=1S/C23H29NO6/c1-14-18-10-11-23(3,12-13-28-17-8-6-16(24)7-9-17)30-20(18)22(27-5)21(26-4)19(14)29-15(2)25/h6-9H,10-13,24H2,1-5H3. The number of fused-ring (bicyclic) bond motifs is 1. The van der Waals surface area contributed by atoms with E-state index in [0.29, 0.717) is 41.7 Å². The van der Waals surface area contributed by atoms with Crippen LogP contribution in [0.2, 0.25) is 0 Å². The molecule has 1 atom stereocenters. The third-order valence-corrected chi connectivity index (χ3v) is 5.37. The second-order valence-electron chi connectivity index (χ2n) is 7.64. The Morgan fingerprint density at radius 1 is 1.13 bits per heavy atom. The summed E-state index contributed by atoms with van der Waals surface area (Å²) in [6.07, 6.45) is 2.24. The van der Waals surface area contributed by atoms with Crippen LogP contribution in [0.1, 0.15) is 37.8 Å². The number of methoxy groups -OCH3 is 2. The molecule has 0 aliphatic carbocycles. The van der Waals surface area contributed by atoms with E-state index in [1.165, 1.54) is 14.0 Å². The number of nitrogens with two attached hydrogens (primary N) is 1. The molecule has 2 N–H and O–H groups in total. The van der Waals surface area contributed by atoms with Crippen molar-refractivity contribution in [1.29, 1.82) is 0 Å². The molecule has 1 unspecified atom stereocenters. The van der Waals surface area contributed by atoms with Crippen molar-refractivity contribution in [2.45, 2.75) is 45.6 Å². The summed E-state index contributed by atoms with van der Waals surface area (Å²) in [6, 6.07) is 7.32. The van der Waals surface area contributed by atoms with Gasteiger partial charge in [0.05, 0.1) is 20.8 Å². The van der Waals surface area contributed by atoms with Crippen LogP contribution < -0.4 is 29.4 Å². The van der Waals surface area contributed by atoms with Gasteiger partial charge < -0.3 is 29.4 Å². The predicted molar refractivity (Wildman–Crippen MR) is 114 cm³/mol. The van der Waals surface area contributed by atoms with E-state index in [9.17, 15) is 4.79 Å². The van der Waals surface area contributed by atoms with Crippen molar-refractivity contribution in [3.8, 4) is 28.7 Å². The highest BCUT2D eigenvalue weighted by atomic mass is 16.6. The Labute approximate surface area is 177 Å². The van der Waals surface area contributed by atoms with E-state index in [2.05, 4.69) is 6.92 Å². The van der Waals surface area contributed by atoms with Gasteiger partial charge in [0.15, 0.2) is 11.5 Å². The van der Waals surface area contributed by atoms with Crippen LogP contribution in [0.25, 0.3) is 0 Å². The summed E-state index contributed by atoms with van der Waals surface area (Å²) < 4.78 is 28.8. The Hall–Kier alpha value is -3.09. The molecule has 0 saturated heterocycles. The van der Waals surface area contributed by atoms with Gasteiger partial charge in [-0.1, -0.05) is 0 Å². The maximum Gasteiger partial charge on any atom is 0.308 e. The molecule has 0 bridgehead atoms. The molecule has 2 aromatic rings.